The number of halogens is 2. The molecule has 1 aliphatic heterocycles. The number of hydrogen-bond donors (Lipinski definition) is 3. The van der Waals surface area contributed by atoms with Crippen molar-refractivity contribution in [2.24, 2.45) is 0 Å². The lowest BCUT2D eigenvalue weighted by Gasteiger charge is -2.16. The summed E-state index contributed by atoms with van der Waals surface area (Å²) in [5.41, 5.74) is 2.16. The van der Waals surface area contributed by atoms with Crippen LogP contribution in [0.25, 0.3) is 27.8 Å². The lowest BCUT2D eigenvalue weighted by molar-refractivity contribution is -0.105. The minimum atomic E-state index is -0.582. The standard InChI is InChI=1S/C18H15ClFN7O2/c19-15-14(11-5-27-6-12(22-8-28)25-13(27)4-21-11)10-3-23-26-17(10)18(16(15)20)24-9-1-2-29-7-9/h3-6,8-9,24H,1-2,7H2,(H,22,28)(H,23,26). The molecule has 4 aromatic rings. The minimum Gasteiger partial charge on any atom is -0.379 e. The van der Waals surface area contributed by atoms with Gasteiger partial charge in [-0.3, -0.25) is 14.9 Å². The number of amides is 1. The molecule has 9 nitrogen and oxygen atoms in total. The zero-order valence-corrected chi connectivity index (χ0v) is 15.7. The topological polar surface area (TPSA) is 109 Å². The molecule has 1 amide bonds. The van der Waals surface area contributed by atoms with E-state index in [9.17, 15) is 4.79 Å². The second-order valence-corrected chi connectivity index (χ2v) is 7.05. The summed E-state index contributed by atoms with van der Waals surface area (Å²) in [6.07, 6.45) is 7.73. The summed E-state index contributed by atoms with van der Waals surface area (Å²) in [6.45, 7) is 1.14. The van der Waals surface area contributed by atoms with Crippen molar-refractivity contribution in [1.82, 2.24) is 24.6 Å². The smallest absolute Gasteiger partial charge is 0.212 e. The molecule has 4 heterocycles. The Kier molecular flexibility index (Phi) is 4.29. The highest BCUT2D eigenvalue weighted by Gasteiger charge is 2.25. The fraction of sp³-hybridized carbons (Fsp3) is 0.222. The fourth-order valence-electron chi connectivity index (χ4n) is 3.51. The van der Waals surface area contributed by atoms with Crippen LogP contribution in [0, 0.1) is 5.82 Å². The van der Waals surface area contributed by atoms with Crippen LogP contribution in [0.4, 0.5) is 15.9 Å². The van der Waals surface area contributed by atoms with E-state index < -0.39 is 5.82 Å². The molecule has 0 saturated carbocycles. The number of imidazole rings is 1. The second-order valence-electron chi connectivity index (χ2n) is 6.67. The summed E-state index contributed by atoms with van der Waals surface area (Å²) in [6, 6.07) is 0.00193. The first-order chi connectivity index (χ1) is 14.2. The zero-order valence-electron chi connectivity index (χ0n) is 14.9. The fourth-order valence-corrected chi connectivity index (χ4v) is 3.80. The average Bonchev–Trinajstić information content (AvgIpc) is 3.46. The molecule has 0 aliphatic carbocycles. The van der Waals surface area contributed by atoms with Crippen molar-refractivity contribution in [3.8, 4) is 11.3 Å². The van der Waals surface area contributed by atoms with Gasteiger partial charge >= 0.3 is 0 Å². The molecule has 11 heteroatoms. The molecule has 0 spiro atoms. The van der Waals surface area contributed by atoms with Gasteiger partial charge < -0.3 is 19.8 Å². The molecule has 3 N–H and O–H groups in total. The van der Waals surface area contributed by atoms with Gasteiger partial charge in [0.1, 0.15) is 0 Å². The Hall–Kier alpha value is -3.24. The van der Waals surface area contributed by atoms with Crippen molar-refractivity contribution in [3.63, 3.8) is 0 Å². The van der Waals surface area contributed by atoms with E-state index in [2.05, 4.69) is 30.8 Å². The van der Waals surface area contributed by atoms with E-state index >= 15 is 4.39 Å². The predicted octanol–water partition coefficient (Wildman–Crippen LogP) is 2.83. The molecule has 1 unspecified atom stereocenters. The third-order valence-corrected chi connectivity index (χ3v) is 5.23. The van der Waals surface area contributed by atoms with E-state index in [1.54, 1.807) is 23.0 Å². The molecule has 1 saturated heterocycles. The normalized spacial score (nSPS) is 16.6. The summed E-state index contributed by atoms with van der Waals surface area (Å²) >= 11 is 6.45. The average molecular weight is 416 g/mol. The molecule has 0 radical (unpaired) electrons. The monoisotopic (exact) mass is 415 g/mol. The van der Waals surface area contributed by atoms with Gasteiger partial charge in [0.05, 0.1) is 53.2 Å². The molecule has 1 fully saturated rings. The number of anilines is 2. The number of fused-ring (bicyclic) bond motifs is 2. The van der Waals surface area contributed by atoms with Gasteiger partial charge in [-0.2, -0.15) is 5.10 Å². The quantitative estimate of drug-likeness (QED) is 0.432. The van der Waals surface area contributed by atoms with Gasteiger partial charge in [0, 0.05) is 23.8 Å². The first-order valence-electron chi connectivity index (χ1n) is 8.89. The number of aromatic nitrogens is 5. The Labute approximate surface area is 168 Å². The van der Waals surface area contributed by atoms with Crippen LogP contribution in [0.2, 0.25) is 5.02 Å². The van der Waals surface area contributed by atoms with Gasteiger partial charge in [0.2, 0.25) is 6.41 Å². The number of carbonyl (C=O) groups is 1. The minimum absolute atomic E-state index is 0.00193. The molecular formula is C18H15ClFN7O2. The van der Waals surface area contributed by atoms with Gasteiger partial charge in [-0.05, 0) is 6.42 Å². The summed E-state index contributed by atoms with van der Waals surface area (Å²) in [7, 11) is 0. The van der Waals surface area contributed by atoms with Crippen LogP contribution in [0.3, 0.4) is 0 Å². The Morgan fingerprint density at radius 2 is 2.28 bits per heavy atom. The highest BCUT2D eigenvalue weighted by atomic mass is 35.5. The number of hydrogen-bond acceptors (Lipinski definition) is 6. The number of aromatic amines is 1. The summed E-state index contributed by atoms with van der Waals surface area (Å²) in [5.74, 6) is -0.204. The van der Waals surface area contributed by atoms with Crippen LogP contribution >= 0.6 is 11.6 Å². The molecule has 148 valence electrons. The largest absolute Gasteiger partial charge is 0.379 e. The van der Waals surface area contributed by atoms with E-state index in [1.165, 1.54) is 6.20 Å². The molecule has 3 aromatic heterocycles. The first kappa shape index (κ1) is 17.8. The maximum Gasteiger partial charge on any atom is 0.212 e. The SMILES string of the molecule is O=CNc1cn2cc(-c3c(Cl)c(F)c(NC4CCOC4)c4[nH]ncc34)ncc2n1. The number of rotatable bonds is 5. The molecule has 1 atom stereocenters. The van der Waals surface area contributed by atoms with Crippen molar-refractivity contribution >= 4 is 46.1 Å². The summed E-state index contributed by atoms with van der Waals surface area (Å²) in [5, 5.41) is 13.2. The van der Waals surface area contributed by atoms with E-state index in [-0.39, 0.29) is 16.8 Å². The van der Waals surface area contributed by atoms with Crippen LogP contribution < -0.4 is 10.6 Å². The van der Waals surface area contributed by atoms with Crippen molar-refractivity contribution in [1.29, 1.82) is 0 Å². The van der Waals surface area contributed by atoms with Crippen LogP contribution in [0.1, 0.15) is 6.42 Å². The lowest BCUT2D eigenvalue weighted by Crippen LogP contribution is -2.20. The van der Waals surface area contributed by atoms with Gasteiger partial charge in [0.25, 0.3) is 0 Å². The molecular weight excluding hydrogens is 401 g/mol. The summed E-state index contributed by atoms with van der Waals surface area (Å²) in [4.78, 5) is 19.2. The van der Waals surface area contributed by atoms with E-state index in [1.807, 2.05) is 0 Å². The van der Waals surface area contributed by atoms with E-state index in [4.69, 9.17) is 16.3 Å². The van der Waals surface area contributed by atoms with Crippen molar-refractivity contribution in [3.05, 3.63) is 35.6 Å². The third kappa shape index (κ3) is 2.97. The number of carbonyl (C=O) groups excluding carboxylic acids is 1. The number of nitrogens with zero attached hydrogens (tertiary/aromatic N) is 4. The van der Waals surface area contributed by atoms with Crippen molar-refractivity contribution in [2.75, 3.05) is 23.8 Å². The highest BCUT2D eigenvalue weighted by Crippen LogP contribution is 2.41. The maximum atomic E-state index is 15.2. The van der Waals surface area contributed by atoms with Gasteiger partial charge in [0.15, 0.2) is 17.3 Å². The zero-order chi connectivity index (χ0) is 20.0. The number of nitrogens with one attached hydrogen (secondary N) is 3. The van der Waals surface area contributed by atoms with Crippen molar-refractivity contribution < 1.29 is 13.9 Å². The maximum absolute atomic E-state index is 15.2. The van der Waals surface area contributed by atoms with Crippen LogP contribution in [-0.4, -0.2) is 50.2 Å². The van der Waals surface area contributed by atoms with Gasteiger partial charge in [-0.25, -0.2) is 9.37 Å². The Morgan fingerprint density at radius 3 is 3.07 bits per heavy atom. The van der Waals surface area contributed by atoms with Crippen LogP contribution in [0.15, 0.2) is 24.8 Å². The lowest BCUT2D eigenvalue weighted by atomic mass is 10.0. The second kappa shape index (κ2) is 6.98. The van der Waals surface area contributed by atoms with Crippen LogP contribution in [0.5, 0.6) is 0 Å². The van der Waals surface area contributed by atoms with E-state index in [0.717, 1.165) is 6.42 Å². The van der Waals surface area contributed by atoms with Gasteiger partial charge in [-0.1, -0.05) is 11.6 Å². The number of H-pyrrole nitrogens is 1. The predicted molar refractivity (Wildman–Crippen MR) is 106 cm³/mol. The molecule has 29 heavy (non-hydrogen) atoms. The molecule has 1 aromatic carbocycles. The third-order valence-electron chi connectivity index (χ3n) is 4.87. The Bertz CT molecular complexity index is 1230. The van der Waals surface area contributed by atoms with Gasteiger partial charge in [-0.15, -0.1) is 0 Å². The Morgan fingerprint density at radius 1 is 1.38 bits per heavy atom. The Balaban J connectivity index is 1.65. The highest BCUT2D eigenvalue weighted by molar-refractivity contribution is 6.35. The molecule has 0 bridgehead atoms. The first-order valence-corrected chi connectivity index (χ1v) is 9.27. The number of ether oxygens (including phenoxy) is 1. The van der Waals surface area contributed by atoms with Crippen LogP contribution in [-0.2, 0) is 9.53 Å². The number of benzene rings is 1. The van der Waals surface area contributed by atoms with Crippen molar-refractivity contribution in [2.45, 2.75) is 12.5 Å². The molecule has 5 rings (SSSR count). The molecule has 1 aliphatic rings. The summed E-state index contributed by atoms with van der Waals surface area (Å²) < 4.78 is 22.3. The van der Waals surface area contributed by atoms with E-state index in [0.29, 0.717) is 53.2 Å².